The lowest BCUT2D eigenvalue weighted by Gasteiger charge is -2.09. The summed E-state index contributed by atoms with van der Waals surface area (Å²) < 4.78 is 0. The molecule has 0 saturated heterocycles. The van der Waals surface area contributed by atoms with Gasteiger partial charge in [0.25, 0.3) is 11.8 Å². The van der Waals surface area contributed by atoms with E-state index in [-0.39, 0.29) is 24.7 Å². The second-order valence-electron chi connectivity index (χ2n) is 12.4. The van der Waals surface area contributed by atoms with Gasteiger partial charge in [-0.05, 0) is 101 Å². The molecule has 0 saturated carbocycles. The molecule has 8 N–H and O–H groups in total. The number of carbonyl (C=O) groups is 4. The number of allylic oxidation sites excluding steroid dienone is 2. The van der Waals surface area contributed by atoms with Gasteiger partial charge in [-0.15, -0.1) is 0 Å². The van der Waals surface area contributed by atoms with E-state index >= 15 is 0 Å². The summed E-state index contributed by atoms with van der Waals surface area (Å²) in [7, 11) is 0. The molecule has 2 aliphatic heterocycles. The van der Waals surface area contributed by atoms with Gasteiger partial charge in [-0.3, -0.25) is 29.6 Å². The van der Waals surface area contributed by atoms with Gasteiger partial charge in [-0.1, -0.05) is 25.3 Å². The highest BCUT2D eigenvalue weighted by molar-refractivity contribution is 6.02. The highest BCUT2D eigenvalue weighted by atomic mass is 16.5. The molecule has 0 unspecified atom stereocenters. The first kappa shape index (κ1) is 36.6. The third-order valence-electron chi connectivity index (χ3n) is 9.33. The average Bonchev–Trinajstić information content (AvgIpc) is 3.73. The van der Waals surface area contributed by atoms with Gasteiger partial charge in [0.1, 0.15) is 0 Å². The van der Waals surface area contributed by atoms with Crippen molar-refractivity contribution < 1.29 is 29.6 Å². The van der Waals surface area contributed by atoms with Crippen LogP contribution < -0.4 is 21.6 Å². The number of carbonyl (C=O) groups excluding carboxylic acids is 4. The number of hydroxylamine groups is 2. The Balaban J connectivity index is 1.75. The van der Waals surface area contributed by atoms with E-state index in [1.807, 2.05) is 26.0 Å². The molecule has 4 amide bonds. The molecule has 0 spiro atoms. The average molecular weight is 671 g/mol. The number of aromatic amines is 2. The van der Waals surface area contributed by atoms with Crippen LogP contribution >= 0.6 is 0 Å². The fraction of sp³-hybridized carbons (Fsp3) is 0.351. The summed E-state index contributed by atoms with van der Waals surface area (Å²) in [6.07, 6.45) is 12.0. The van der Waals surface area contributed by atoms with Crippen molar-refractivity contribution in [3.63, 3.8) is 0 Å². The van der Waals surface area contributed by atoms with Crippen LogP contribution in [0.15, 0.2) is 59.0 Å². The quantitative estimate of drug-likeness (QED) is 0.0710. The number of nitrogens with one attached hydrogen (secondary N) is 6. The standard InChI is InChI=1S/C37H46N6O6/c1-7-24-22(5)36(46)40-30(24)17-28-20(3)26(13-9-11-15-34(44)42-48)32(38-28)19-33-27(14-10-12-16-35(45)43-49)21(4)29(39-33)18-31-25(8-2)23(6)37(47)41-31/h7-8,17-18,38-39,48-49H,1-2,9-16,19H2,3-6H3,(H,40,46)(H,41,47)(H,42,44)(H,43,45)/b30-17-,31-18-. The lowest BCUT2D eigenvalue weighted by atomic mass is 9.97. The van der Waals surface area contributed by atoms with Crippen molar-refractivity contribution in [1.82, 2.24) is 31.6 Å². The summed E-state index contributed by atoms with van der Waals surface area (Å²) in [5, 5.41) is 23.7. The smallest absolute Gasteiger partial charge is 0.251 e. The maximum absolute atomic E-state index is 12.4. The van der Waals surface area contributed by atoms with Crippen LogP contribution in [0.4, 0.5) is 0 Å². The van der Waals surface area contributed by atoms with E-state index < -0.39 is 11.8 Å². The van der Waals surface area contributed by atoms with E-state index in [0.717, 1.165) is 56.2 Å². The van der Waals surface area contributed by atoms with Crippen LogP contribution in [-0.2, 0) is 38.4 Å². The van der Waals surface area contributed by atoms with Crippen LogP contribution in [0, 0.1) is 13.8 Å². The van der Waals surface area contributed by atoms with Gasteiger partial charge in [-0.2, -0.15) is 0 Å². The minimum Gasteiger partial charge on any atom is -0.358 e. The molecule has 2 aromatic rings. The Morgan fingerprint density at radius 3 is 1.41 bits per heavy atom. The molecule has 49 heavy (non-hydrogen) atoms. The van der Waals surface area contributed by atoms with Crippen molar-refractivity contribution in [1.29, 1.82) is 0 Å². The van der Waals surface area contributed by atoms with E-state index in [1.54, 1.807) is 37.0 Å². The van der Waals surface area contributed by atoms with E-state index in [1.165, 1.54) is 0 Å². The molecule has 12 heteroatoms. The zero-order valence-corrected chi connectivity index (χ0v) is 28.6. The van der Waals surface area contributed by atoms with E-state index in [9.17, 15) is 19.2 Å². The van der Waals surface area contributed by atoms with Crippen LogP contribution in [-0.4, -0.2) is 44.0 Å². The van der Waals surface area contributed by atoms with E-state index in [4.69, 9.17) is 10.4 Å². The first-order valence-corrected chi connectivity index (χ1v) is 16.4. The summed E-state index contributed by atoms with van der Waals surface area (Å²) in [6, 6.07) is 0. The third kappa shape index (κ3) is 8.27. The van der Waals surface area contributed by atoms with Crippen LogP contribution in [0.1, 0.15) is 97.4 Å². The van der Waals surface area contributed by atoms with Crippen LogP contribution in [0.3, 0.4) is 0 Å². The number of aromatic nitrogens is 2. The Labute approximate surface area is 286 Å². The molecule has 12 nitrogen and oxygen atoms in total. The molecule has 0 atom stereocenters. The molecule has 4 heterocycles. The van der Waals surface area contributed by atoms with Gasteiger partial charge >= 0.3 is 0 Å². The first-order chi connectivity index (χ1) is 23.4. The fourth-order valence-corrected chi connectivity index (χ4v) is 6.43. The zero-order chi connectivity index (χ0) is 35.8. The predicted molar refractivity (Wildman–Crippen MR) is 187 cm³/mol. The molecule has 0 bridgehead atoms. The first-order valence-electron chi connectivity index (χ1n) is 16.4. The molecule has 2 aromatic heterocycles. The Kier molecular flexibility index (Phi) is 12.2. The fourth-order valence-electron chi connectivity index (χ4n) is 6.43. The van der Waals surface area contributed by atoms with Gasteiger partial charge in [0.05, 0.1) is 11.4 Å². The normalized spacial score (nSPS) is 16.1. The van der Waals surface area contributed by atoms with E-state index in [0.29, 0.717) is 67.5 Å². The SMILES string of the molecule is C=CC1=C(C)C(=O)N/C1=C\c1[nH]c(Cc2[nH]c(/C=C3\NC(=O)C(C)=C3C=C)c(C)c2CCCCC(=O)NO)c(CCCCC(=O)NO)c1C. The number of hydrogen-bond donors (Lipinski definition) is 8. The molecule has 260 valence electrons. The van der Waals surface area contributed by atoms with Crippen molar-refractivity contribution in [2.75, 3.05) is 0 Å². The lowest BCUT2D eigenvalue weighted by Crippen LogP contribution is -2.17. The second kappa shape index (κ2) is 16.3. The van der Waals surface area contributed by atoms with Gasteiger partial charge in [0.2, 0.25) is 11.8 Å². The van der Waals surface area contributed by atoms with Crippen molar-refractivity contribution in [3.05, 3.63) is 104 Å². The van der Waals surface area contributed by atoms with Crippen LogP contribution in [0.5, 0.6) is 0 Å². The Bertz CT molecular complexity index is 1690. The molecule has 0 aromatic carbocycles. The van der Waals surface area contributed by atoms with Gasteiger partial charge in [-0.25, -0.2) is 11.0 Å². The molecular formula is C37H46N6O6. The summed E-state index contributed by atoms with van der Waals surface area (Å²) in [4.78, 5) is 55.4. The number of H-pyrrole nitrogens is 2. The molecule has 4 rings (SSSR count). The van der Waals surface area contributed by atoms with Crippen molar-refractivity contribution in [2.24, 2.45) is 0 Å². The van der Waals surface area contributed by atoms with E-state index in [2.05, 4.69) is 33.8 Å². The van der Waals surface area contributed by atoms with Crippen molar-refractivity contribution >= 4 is 35.8 Å². The number of hydrogen-bond acceptors (Lipinski definition) is 6. The number of rotatable bonds is 16. The Hall–Kier alpha value is -5.20. The molecule has 2 aliphatic rings. The van der Waals surface area contributed by atoms with Crippen LogP contribution in [0.2, 0.25) is 0 Å². The largest absolute Gasteiger partial charge is 0.358 e. The highest BCUT2D eigenvalue weighted by Gasteiger charge is 2.25. The topological polar surface area (TPSA) is 188 Å². The Morgan fingerprint density at radius 1 is 0.673 bits per heavy atom. The van der Waals surface area contributed by atoms with Crippen molar-refractivity contribution in [3.8, 4) is 0 Å². The number of amides is 4. The maximum Gasteiger partial charge on any atom is 0.251 e. The monoisotopic (exact) mass is 670 g/mol. The molecule has 0 aliphatic carbocycles. The van der Waals surface area contributed by atoms with Crippen molar-refractivity contribution in [2.45, 2.75) is 85.5 Å². The molecule has 0 fully saturated rings. The lowest BCUT2D eigenvalue weighted by molar-refractivity contribution is -0.129. The Morgan fingerprint density at radius 2 is 1.06 bits per heavy atom. The zero-order valence-electron chi connectivity index (χ0n) is 28.6. The van der Waals surface area contributed by atoms with Gasteiger partial charge in [0.15, 0.2) is 0 Å². The summed E-state index contributed by atoms with van der Waals surface area (Å²) in [5.41, 5.74) is 15.2. The highest BCUT2D eigenvalue weighted by Crippen LogP contribution is 2.32. The maximum atomic E-state index is 12.4. The molecular weight excluding hydrogens is 624 g/mol. The summed E-state index contributed by atoms with van der Waals surface area (Å²) in [6.45, 7) is 15.4. The third-order valence-corrected chi connectivity index (χ3v) is 9.33. The van der Waals surface area contributed by atoms with Gasteiger partial charge < -0.3 is 20.6 Å². The second-order valence-corrected chi connectivity index (χ2v) is 12.4. The number of unbranched alkanes of at least 4 members (excludes halogenated alkanes) is 2. The predicted octanol–water partition coefficient (Wildman–Crippen LogP) is 4.93. The van der Waals surface area contributed by atoms with Crippen LogP contribution in [0.25, 0.3) is 12.2 Å². The summed E-state index contributed by atoms with van der Waals surface area (Å²) in [5.74, 6) is -1.19. The molecule has 0 radical (unpaired) electrons. The minimum absolute atomic E-state index is 0.166. The minimum atomic E-state index is -0.430. The van der Waals surface area contributed by atoms with Gasteiger partial charge in [0, 0.05) is 64.3 Å². The summed E-state index contributed by atoms with van der Waals surface area (Å²) >= 11 is 0.